The number of aryl methyl sites for hydroxylation is 1. The minimum absolute atomic E-state index is 0.0139. The molecule has 2 amide bonds. The van der Waals surface area contributed by atoms with Crippen molar-refractivity contribution >= 4 is 11.8 Å². The molecule has 0 aliphatic carbocycles. The van der Waals surface area contributed by atoms with Gasteiger partial charge in [-0.05, 0) is 30.5 Å². The number of rotatable bonds is 7. The van der Waals surface area contributed by atoms with Gasteiger partial charge in [0.05, 0.1) is 19.1 Å². The summed E-state index contributed by atoms with van der Waals surface area (Å²) in [6, 6.07) is 17.5. The molecule has 0 bridgehead atoms. The monoisotopic (exact) mass is 408 g/mol. The van der Waals surface area contributed by atoms with Crippen LogP contribution in [0.15, 0.2) is 54.6 Å². The summed E-state index contributed by atoms with van der Waals surface area (Å²) in [7, 11) is 0. The molecule has 1 aliphatic heterocycles. The van der Waals surface area contributed by atoms with Gasteiger partial charge in [0.2, 0.25) is 5.91 Å². The molecule has 160 valence electrons. The summed E-state index contributed by atoms with van der Waals surface area (Å²) in [6.45, 7) is 8.97. The third-order valence-corrected chi connectivity index (χ3v) is 5.28. The molecule has 2 aromatic carbocycles. The van der Waals surface area contributed by atoms with E-state index < -0.39 is 0 Å². The third kappa shape index (κ3) is 6.17. The van der Waals surface area contributed by atoms with E-state index in [1.807, 2.05) is 71.3 Å². The Morgan fingerprint density at radius 2 is 1.80 bits per heavy atom. The highest BCUT2D eigenvalue weighted by atomic mass is 16.5. The van der Waals surface area contributed by atoms with E-state index in [0.29, 0.717) is 50.7 Å². The molecule has 0 saturated carbocycles. The molecule has 30 heavy (non-hydrogen) atoms. The number of hydrogen-bond donors (Lipinski definition) is 0. The standard InChI is InChI=1S/C25H32N2O3/c1-19(2)16-27(25(29)22-11-9-20(3)10-12-22)18-23-17-26(13-14-30-23)24(28)15-21-7-5-4-6-8-21/h4-12,19,23H,13-18H2,1-3H3. The van der Waals surface area contributed by atoms with Crippen LogP contribution in [0.25, 0.3) is 0 Å². The molecular formula is C25H32N2O3. The van der Waals surface area contributed by atoms with Gasteiger partial charge in [0.1, 0.15) is 0 Å². The quantitative estimate of drug-likeness (QED) is 0.704. The highest BCUT2D eigenvalue weighted by molar-refractivity contribution is 5.94. The van der Waals surface area contributed by atoms with E-state index in [9.17, 15) is 9.59 Å². The molecule has 5 nitrogen and oxygen atoms in total. The molecule has 1 saturated heterocycles. The molecule has 0 spiro atoms. The predicted octanol–water partition coefficient (Wildman–Crippen LogP) is 3.56. The third-order valence-electron chi connectivity index (χ3n) is 5.28. The minimum atomic E-state index is -0.174. The zero-order chi connectivity index (χ0) is 21.5. The normalized spacial score (nSPS) is 16.5. The van der Waals surface area contributed by atoms with E-state index in [4.69, 9.17) is 4.74 Å². The van der Waals surface area contributed by atoms with Crippen LogP contribution >= 0.6 is 0 Å². The fourth-order valence-corrected chi connectivity index (χ4v) is 3.74. The first kappa shape index (κ1) is 22.0. The first-order valence-electron chi connectivity index (χ1n) is 10.7. The van der Waals surface area contributed by atoms with Gasteiger partial charge in [0.15, 0.2) is 0 Å². The van der Waals surface area contributed by atoms with Crippen LogP contribution in [-0.2, 0) is 16.0 Å². The summed E-state index contributed by atoms with van der Waals surface area (Å²) in [5, 5.41) is 0. The summed E-state index contributed by atoms with van der Waals surface area (Å²) in [5.74, 6) is 0.466. The molecule has 1 atom stereocenters. The van der Waals surface area contributed by atoms with Crippen molar-refractivity contribution in [3.05, 3.63) is 71.3 Å². The molecule has 0 radical (unpaired) electrons. The summed E-state index contributed by atoms with van der Waals surface area (Å²) in [5.41, 5.74) is 2.83. The number of amides is 2. The highest BCUT2D eigenvalue weighted by Crippen LogP contribution is 2.14. The lowest BCUT2D eigenvalue weighted by molar-refractivity contribution is -0.138. The van der Waals surface area contributed by atoms with Crippen molar-refractivity contribution < 1.29 is 14.3 Å². The average molecular weight is 409 g/mol. The Balaban J connectivity index is 1.64. The van der Waals surface area contributed by atoms with Crippen molar-refractivity contribution in [3.63, 3.8) is 0 Å². The first-order valence-corrected chi connectivity index (χ1v) is 10.7. The van der Waals surface area contributed by atoms with Crippen molar-refractivity contribution in [2.45, 2.75) is 33.3 Å². The number of benzene rings is 2. The Bertz CT molecular complexity index is 833. The lowest BCUT2D eigenvalue weighted by Gasteiger charge is -2.36. The Kier molecular flexibility index (Phi) is 7.63. The molecule has 1 heterocycles. The average Bonchev–Trinajstić information content (AvgIpc) is 2.74. The number of hydrogen-bond acceptors (Lipinski definition) is 3. The molecule has 3 rings (SSSR count). The van der Waals surface area contributed by atoms with E-state index in [-0.39, 0.29) is 17.9 Å². The Hall–Kier alpha value is -2.66. The van der Waals surface area contributed by atoms with E-state index in [1.165, 1.54) is 0 Å². The van der Waals surface area contributed by atoms with Crippen LogP contribution in [-0.4, -0.2) is 60.5 Å². The Labute approximate surface area is 179 Å². The fourth-order valence-electron chi connectivity index (χ4n) is 3.74. The van der Waals surface area contributed by atoms with Crippen molar-refractivity contribution in [2.75, 3.05) is 32.8 Å². The van der Waals surface area contributed by atoms with Crippen LogP contribution in [0.2, 0.25) is 0 Å². The largest absolute Gasteiger partial charge is 0.373 e. The van der Waals surface area contributed by atoms with E-state index >= 15 is 0 Å². The van der Waals surface area contributed by atoms with Crippen molar-refractivity contribution in [2.24, 2.45) is 5.92 Å². The van der Waals surface area contributed by atoms with Gasteiger partial charge < -0.3 is 14.5 Å². The van der Waals surface area contributed by atoms with Gasteiger partial charge >= 0.3 is 0 Å². The summed E-state index contributed by atoms with van der Waals surface area (Å²) in [4.78, 5) is 29.6. The molecule has 2 aromatic rings. The van der Waals surface area contributed by atoms with Crippen LogP contribution in [0.3, 0.4) is 0 Å². The van der Waals surface area contributed by atoms with E-state index in [2.05, 4.69) is 13.8 Å². The number of nitrogens with zero attached hydrogens (tertiary/aromatic N) is 2. The summed E-state index contributed by atoms with van der Waals surface area (Å²) >= 11 is 0. The molecule has 1 unspecified atom stereocenters. The number of carbonyl (C=O) groups excluding carboxylic acids is 2. The SMILES string of the molecule is Cc1ccc(C(=O)N(CC(C)C)CC2CN(C(=O)Cc3ccccc3)CCO2)cc1. The van der Waals surface area contributed by atoms with Gasteiger partial charge in [-0.1, -0.05) is 61.9 Å². The Morgan fingerprint density at radius 3 is 2.47 bits per heavy atom. The Morgan fingerprint density at radius 1 is 1.10 bits per heavy atom. The fraction of sp³-hybridized carbons (Fsp3) is 0.440. The molecule has 1 aliphatic rings. The zero-order valence-electron chi connectivity index (χ0n) is 18.2. The maximum absolute atomic E-state index is 13.1. The molecule has 0 N–H and O–H groups in total. The van der Waals surface area contributed by atoms with Gasteiger partial charge in [0.25, 0.3) is 5.91 Å². The number of morpholine rings is 1. The predicted molar refractivity (Wildman–Crippen MR) is 118 cm³/mol. The van der Waals surface area contributed by atoms with Gasteiger partial charge in [-0.25, -0.2) is 0 Å². The molecule has 0 aromatic heterocycles. The van der Waals surface area contributed by atoms with E-state index in [0.717, 1.165) is 11.1 Å². The van der Waals surface area contributed by atoms with Crippen LogP contribution in [0, 0.1) is 12.8 Å². The topological polar surface area (TPSA) is 49.9 Å². The van der Waals surface area contributed by atoms with E-state index in [1.54, 1.807) is 0 Å². The summed E-state index contributed by atoms with van der Waals surface area (Å²) < 4.78 is 5.94. The van der Waals surface area contributed by atoms with Crippen LogP contribution in [0.4, 0.5) is 0 Å². The second-order valence-electron chi connectivity index (χ2n) is 8.46. The molecular weight excluding hydrogens is 376 g/mol. The van der Waals surface area contributed by atoms with Crippen LogP contribution in [0.5, 0.6) is 0 Å². The van der Waals surface area contributed by atoms with Gasteiger partial charge in [0, 0.05) is 31.7 Å². The summed E-state index contributed by atoms with van der Waals surface area (Å²) in [6.07, 6.45) is 0.220. The maximum Gasteiger partial charge on any atom is 0.253 e. The van der Waals surface area contributed by atoms with Crippen LogP contribution < -0.4 is 0 Å². The molecule has 1 fully saturated rings. The van der Waals surface area contributed by atoms with Gasteiger partial charge in [-0.2, -0.15) is 0 Å². The highest BCUT2D eigenvalue weighted by Gasteiger charge is 2.28. The zero-order valence-corrected chi connectivity index (χ0v) is 18.2. The van der Waals surface area contributed by atoms with Gasteiger partial charge in [-0.15, -0.1) is 0 Å². The molecule has 5 heteroatoms. The van der Waals surface area contributed by atoms with Crippen molar-refractivity contribution in [1.82, 2.24) is 9.80 Å². The second-order valence-corrected chi connectivity index (χ2v) is 8.46. The minimum Gasteiger partial charge on any atom is -0.373 e. The number of ether oxygens (including phenoxy) is 1. The number of carbonyl (C=O) groups is 2. The van der Waals surface area contributed by atoms with Gasteiger partial charge in [-0.3, -0.25) is 9.59 Å². The lowest BCUT2D eigenvalue weighted by atomic mass is 10.1. The first-order chi connectivity index (χ1) is 14.4. The maximum atomic E-state index is 13.1. The smallest absolute Gasteiger partial charge is 0.253 e. The van der Waals surface area contributed by atoms with Crippen LogP contribution in [0.1, 0.15) is 35.3 Å². The van der Waals surface area contributed by atoms with Crippen molar-refractivity contribution in [3.8, 4) is 0 Å². The van der Waals surface area contributed by atoms with Crippen molar-refractivity contribution in [1.29, 1.82) is 0 Å². The second kappa shape index (κ2) is 10.4. The lowest BCUT2D eigenvalue weighted by Crippen LogP contribution is -2.51.